The van der Waals surface area contributed by atoms with Crippen LogP contribution in [0, 0.1) is 0 Å². The van der Waals surface area contributed by atoms with E-state index in [-0.39, 0.29) is 17.2 Å². The number of hydrogen-bond acceptors (Lipinski definition) is 4. The van der Waals surface area contributed by atoms with Gasteiger partial charge in [0.1, 0.15) is 11.3 Å². The summed E-state index contributed by atoms with van der Waals surface area (Å²) in [6.07, 6.45) is 0.426. The molecule has 0 aromatic carbocycles. The summed E-state index contributed by atoms with van der Waals surface area (Å²) in [6, 6.07) is 1.32. The lowest BCUT2D eigenvalue weighted by Crippen LogP contribution is -2.58. The topological polar surface area (TPSA) is 80.0 Å². The second-order valence-electron chi connectivity index (χ2n) is 6.89. The lowest BCUT2D eigenvalue weighted by molar-refractivity contribution is -0.171. The highest BCUT2D eigenvalue weighted by Gasteiger charge is 2.41. The molecule has 1 aliphatic heterocycles. The van der Waals surface area contributed by atoms with E-state index in [0.29, 0.717) is 25.3 Å². The predicted molar refractivity (Wildman–Crippen MR) is 80.2 cm³/mol. The van der Waals surface area contributed by atoms with Gasteiger partial charge < -0.3 is 19.2 Å². The number of hydrogen-bond donors (Lipinski definition) is 1. The third-order valence-corrected chi connectivity index (χ3v) is 3.55. The Balaban J connectivity index is 2.30. The summed E-state index contributed by atoms with van der Waals surface area (Å²) in [4.78, 5) is 25.5. The van der Waals surface area contributed by atoms with Crippen molar-refractivity contribution in [3.8, 4) is 0 Å². The van der Waals surface area contributed by atoms with Crippen LogP contribution in [-0.2, 0) is 11.2 Å². The molecule has 1 aromatic rings. The smallest absolute Gasteiger partial charge is 0.339 e. The Morgan fingerprint density at radius 2 is 1.77 bits per heavy atom. The summed E-state index contributed by atoms with van der Waals surface area (Å²) < 4.78 is 11.4. The molecule has 22 heavy (non-hydrogen) atoms. The maximum absolute atomic E-state index is 12.7. The summed E-state index contributed by atoms with van der Waals surface area (Å²) in [7, 11) is 0. The Hall–Kier alpha value is -1.82. The van der Waals surface area contributed by atoms with Gasteiger partial charge in [0, 0.05) is 25.6 Å². The highest BCUT2D eigenvalue weighted by atomic mass is 16.5. The first-order valence-electron chi connectivity index (χ1n) is 7.40. The quantitative estimate of drug-likeness (QED) is 0.928. The fourth-order valence-electron chi connectivity index (χ4n) is 3.06. The number of carbonyl (C=O) groups is 2. The molecule has 1 aliphatic rings. The first kappa shape index (κ1) is 16.5. The second kappa shape index (κ2) is 5.43. The number of furan rings is 1. The van der Waals surface area contributed by atoms with Gasteiger partial charge in [-0.2, -0.15) is 0 Å². The number of amides is 1. The molecular weight excluding hydrogens is 286 g/mol. The molecule has 1 fully saturated rings. The van der Waals surface area contributed by atoms with E-state index < -0.39 is 17.2 Å². The number of rotatable bonds is 3. The molecule has 1 amide bonds. The third kappa shape index (κ3) is 3.32. The maximum atomic E-state index is 12.7. The normalized spacial score (nSPS) is 20.0. The van der Waals surface area contributed by atoms with E-state index >= 15 is 0 Å². The Morgan fingerprint density at radius 3 is 2.18 bits per heavy atom. The Morgan fingerprint density at radius 1 is 1.23 bits per heavy atom. The molecular formula is C16H23NO5. The minimum Gasteiger partial charge on any atom is -0.478 e. The Bertz CT molecular complexity index is 584. The zero-order chi connectivity index (χ0) is 16.7. The van der Waals surface area contributed by atoms with Gasteiger partial charge in [-0.3, -0.25) is 4.79 Å². The molecule has 0 bridgehead atoms. The largest absolute Gasteiger partial charge is 0.478 e. The summed E-state index contributed by atoms with van der Waals surface area (Å²) in [5.41, 5.74) is -0.877. The first-order chi connectivity index (χ1) is 10.0. The number of aromatic carboxylic acids is 1. The van der Waals surface area contributed by atoms with Crippen molar-refractivity contribution in [2.24, 2.45) is 0 Å². The zero-order valence-corrected chi connectivity index (χ0v) is 13.7. The average molecular weight is 309 g/mol. The summed E-state index contributed by atoms with van der Waals surface area (Å²) in [6.45, 7) is 10.4. The van der Waals surface area contributed by atoms with E-state index in [0.717, 1.165) is 0 Å². The molecule has 122 valence electrons. The van der Waals surface area contributed by atoms with Crippen LogP contribution < -0.4 is 0 Å². The van der Waals surface area contributed by atoms with Crippen LogP contribution in [0.1, 0.15) is 61.3 Å². The standard InChI is InChI=1S/C16H23NO5/c1-6-11-10(14(19)20)7-12(21-11)13(18)17-8-15(2,3)22-16(4,5)9-17/h7H,6,8-9H2,1-5H3,(H,19,20). The predicted octanol–water partition coefficient (Wildman–Crippen LogP) is 2.57. The monoisotopic (exact) mass is 309 g/mol. The number of aryl methyl sites for hydroxylation is 1. The van der Waals surface area contributed by atoms with Gasteiger partial charge in [-0.1, -0.05) is 6.92 Å². The van der Waals surface area contributed by atoms with Gasteiger partial charge in [-0.05, 0) is 27.7 Å². The number of ether oxygens (including phenoxy) is 1. The Kier molecular flexibility index (Phi) is 4.08. The van der Waals surface area contributed by atoms with Crippen molar-refractivity contribution in [2.75, 3.05) is 13.1 Å². The Labute approximate surface area is 130 Å². The van der Waals surface area contributed by atoms with Crippen LogP contribution in [-0.4, -0.2) is 46.2 Å². The van der Waals surface area contributed by atoms with Crippen molar-refractivity contribution in [3.63, 3.8) is 0 Å². The van der Waals surface area contributed by atoms with E-state index in [1.54, 1.807) is 11.8 Å². The van der Waals surface area contributed by atoms with Crippen molar-refractivity contribution in [3.05, 3.63) is 23.2 Å². The molecule has 0 aliphatic carbocycles. The van der Waals surface area contributed by atoms with Crippen molar-refractivity contribution >= 4 is 11.9 Å². The van der Waals surface area contributed by atoms with E-state index in [4.69, 9.17) is 14.3 Å². The number of morpholine rings is 1. The number of nitrogens with zero attached hydrogens (tertiary/aromatic N) is 1. The van der Waals surface area contributed by atoms with Crippen LogP contribution >= 0.6 is 0 Å². The fraction of sp³-hybridized carbons (Fsp3) is 0.625. The third-order valence-electron chi connectivity index (χ3n) is 3.55. The molecule has 6 nitrogen and oxygen atoms in total. The van der Waals surface area contributed by atoms with Gasteiger partial charge >= 0.3 is 5.97 Å². The van der Waals surface area contributed by atoms with Gasteiger partial charge in [0.05, 0.1) is 11.2 Å². The van der Waals surface area contributed by atoms with Gasteiger partial charge in [0.15, 0.2) is 5.76 Å². The molecule has 0 spiro atoms. The van der Waals surface area contributed by atoms with Gasteiger partial charge in [-0.25, -0.2) is 4.79 Å². The van der Waals surface area contributed by atoms with E-state index in [9.17, 15) is 9.59 Å². The minimum absolute atomic E-state index is 0.0534. The summed E-state index contributed by atoms with van der Waals surface area (Å²) in [5.74, 6) is -0.987. The molecule has 6 heteroatoms. The van der Waals surface area contributed by atoms with Crippen molar-refractivity contribution in [1.82, 2.24) is 4.90 Å². The van der Waals surface area contributed by atoms with Gasteiger partial charge in [-0.15, -0.1) is 0 Å². The summed E-state index contributed by atoms with van der Waals surface area (Å²) in [5, 5.41) is 9.16. The van der Waals surface area contributed by atoms with E-state index in [1.165, 1.54) is 6.07 Å². The zero-order valence-electron chi connectivity index (χ0n) is 13.7. The van der Waals surface area contributed by atoms with Gasteiger partial charge in [0.25, 0.3) is 5.91 Å². The van der Waals surface area contributed by atoms with Crippen LogP contribution in [0.25, 0.3) is 0 Å². The van der Waals surface area contributed by atoms with Crippen LogP contribution in [0.15, 0.2) is 10.5 Å². The SMILES string of the molecule is CCc1oc(C(=O)N2CC(C)(C)OC(C)(C)C2)cc1C(=O)O. The summed E-state index contributed by atoms with van der Waals surface area (Å²) >= 11 is 0. The minimum atomic E-state index is -1.08. The number of carboxylic acids is 1. The van der Waals surface area contributed by atoms with Crippen LogP contribution in [0.5, 0.6) is 0 Å². The second-order valence-corrected chi connectivity index (χ2v) is 6.89. The highest BCUT2D eigenvalue weighted by molar-refractivity contribution is 5.96. The van der Waals surface area contributed by atoms with Crippen LogP contribution in [0.2, 0.25) is 0 Å². The number of carboxylic acid groups (broad SMARTS) is 1. The lowest BCUT2D eigenvalue weighted by atomic mass is 9.98. The molecule has 2 rings (SSSR count). The van der Waals surface area contributed by atoms with Crippen molar-refractivity contribution in [2.45, 2.75) is 52.2 Å². The molecule has 1 saturated heterocycles. The molecule has 0 saturated carbocycles. The molecule has 0 atom stereocenters. The lowest BCUT2D eigenvalue weighted by Gasteiger charge is -2.46. The van der Waals surface area contributed by atoms with Crippen molar-refractivity contribution in [1.29, 1.82) is 0 Å². The molecule has 0 radical (unpaired) electrons. The highest BCUT2D eigenvalue weighted by Crippen LogP contribution is 2.29. The van der Waals surface area contributed by atoms with E-state index in [2.05, 4.69) is 0 Å². The van der Waals surface area contributed by atoms with E-state index in [1.807, 2.05) is 27.7 Å². The van der Waals surface area contributed by atoms with Crippen LogP contribution in [0.3, 0.4) is 0 Å². The average Bonchev–Trinajstić information content (AvgIpc) is 2.78. The molecule has 2 heterocycles. The van der Waals surface area contributed by atoms with Gasteiger partial charge in [0.2, 0.25) is 0 Å². The fourth-order valence-corrected chi connectivity index (χ4v) is 3.06. The molecule has 0 unspecified atom stereocenters. The van der Waals surface area contributed by atoms with Crippen LogP contribution in [0.4, 0.5) is 0 Å². The first-order valence-corrected chi connectivity index (χ1v) is 7.40. The molecule has 1 N–H and O–H groups in total. The number of carbonyl (C=O) groups excluding carboxylic acids is 1. The van der Waals surface area contributed by atoms with Crippen molar-refractivity contribution < 1.29 is 23.8 Å². The maximum Gasteiger partial charge on any atom is 0.339 e. The molecule has 1 aromatic heterocycles.